The molecule has 11 heteroatoms. The molecular weight excluding hydrogens is 449 g/mol. The fraction of sp³-hybridized carbons (Fsp3) is 0.105. The number of amides is 1. The first-order valence-electron chi connectivity index (χ1n) is 8.72. The predicted molar refractivity (Wildman–Crippen MR) is 119 cm³/mol. The summed E-state index contributed by atoms with van der Waals surface area (Å²) in [5, 5.41) is 6.20. The summed E-state index contributed by atoms with van der Waals surface area (Å²) in [7, 11) is -3.37. The Morgan fingerprint density at radius 1 is 1.00 bits per heavy atom. The molecule has 3 aromatic rings. The van der Waals surface area contributed by atoms with E-state index in [0.29, 0.717) is 23.0 Å². The lowest BCUT2D eigenvalue weighted by atomic mass is 10.2. The summed E-state index contributed by atoms with van der Waals surface area (Å²) >= 11 is 12.1. The molecule has 3 N–H and O–H groups in total. The van der Waals surface area contributed by atoms with Crippen molar-refractivity contribution in [3.05, 3.63) is 70.5 Å². The van der Waals surface area contributed by atoms with E-state index in [4.69, 9.17) is 23.2 Å². The zero-order chi connectivity index (χ0) is 21.7. The molecule has 2 heterocycles. The number of carbonyl (C=O) groups excluding carboxylic acids is 1. The third-order valence-electron chi connectivity index (χ3n) is 3.88. The van der Waals surface area contributed by atoms with E-state index >= 15 is 0 Å². The Kier molecular flexibility index (Phi) is 6.76. The van der Waals surface area contributed by atoms with Gasteiger partial charge in [-0.2, -0.15) is 0 Å². The van der Waals surface area contributed by atoms with Crippen molar-refractivity contribution in [2.24, 2.45) is 0 Å². The highest BCUT2D eigenvalue weighted by atomic mass is 35.5. The summed E-state index contributed by atoms with van der Waals surface area (Å²) in [6.45, 7) is 1.54. The second-order valence-corrected chi connectivity index (χ2v) is 8.87. The van der Waals surface area contributed by atoms with Crippen molar-refractivity contribution in [3.8, 4) is 0 Å². The van der Waals surface area contributed by atoms with E-state index in [0.717, 1.165) is 0 Å². The first-order valence-corrected chi connectivity index (χ1v) is 11.1. The van der Waals surface area contributed by atoms with Crippen LogP contribution in [-0.4, -0.2) is 30.0 Å². The van der Waals surface area contributed by atoms with Crippen molar-refractivity contribution in [1.29, 1.82) is 0 Å². The molecule has 0 unspecified atom stereocenters. The van der Waals surface area contributed by atoms with Crippen LogP contribution in [0.25, 0.3) is 0 Å². The van der Waals surface area contributed by atoms with Crippen LogP contribution in [0.15, 0.2) is 54.9 Å². The summed E-state index contributed by atoms with van der Waals surface area (Å²) in [6.07, 6.45) is 2.90. The minimum absolute atomic E-state index is 0.0329. The topological polar surface area (TPSA) is 113 Å². The van der Waals surface area contributed by atoms with Gasteiger partial charge in [0.25, 0.3) is 5.91 Å². The Bertz CT molecular complexity index is 1150. The first kappa shape index (κ1) is 21.8. The second kappa shape index (κ2) is 9.29. The highest BCUT2D eigenvalue weighted by Crippen LogP contribution is 2.26. The number of nitrogens with one attached hydrogen (secondary N) is 3. The van der Waals surface area contributed by atoms with Crippen LogP contribution in [0.4, 0.5) is 23.0 Å². The van der Waals surface area contributed by atoms with Gasteiger partial charge in [-0.15, -0.1) is 0 Å². The Hall–Kier alpha value is -2.88. The van der Waals surface area contributed by atoms with Crippen LogP contribution in [-0.2, 0) is 10.0 Å². The molecule has 0 saturated heterocycles. The summed E-state index contributed by atoms with van der Waals surface area (Å²) in [4.78, 5) is 20.8. The van der Waals surface area contributed by atoms with Crippen LogP contribution >= 0.6 is 23.2 Å². The molecule has 0 aliphatic rings. The van der Waals surface area contributed by atoms with Gasteiger partial charge >= 0.3 is 0 Å². The van der Waals surface area contributed by atoms with E-state index in [2.05, 4.69) is 25.3 Å². The third-order valence-corrected chi connectivity index (χ3v) is 5.82. The lowest BCUT2D eigenvalue weighted by Gasteiger charge is -2.10. The Morgan fingerprint density at radius 2 is 1.73 bits per heavy atom. The predicted octanol–water partition coefficient (Wildman–Crippen LogP) is 4.54. The molecule has 0 aliphatic carbocycles. The molecule has 0 aliphatic heterocycles. The first-order chi connectivity index (χ1) is 14.3. The normalized spacial score (nSPS) is 11.0. The highest BCUT2D eigenvalue weighted by molar-refractivity contribution is 7.92. The fourth-order valence-corrected chi connectivity index (χ4v) is 3.59. The van der Waals surface area contributed by atoms with Crippen LogP contribution in [0, 0.1) is 0 Å². The molecule has 30 heavy (non-hydrogen) atoms. The van der Waals surface area contributed by atoms with Crippen molar-refractivity contribution in [1.82, 2.24) is 9.97 Å². The number of carbonyl (C=O) groups is 1. The number of sulfonamides is 1. The SMILES string of the molecule is CCS(=O)(=O)Nc1ccc(Nc2cc(NC(=O)c3c(Cl)cccc3Cl)ccn2)nc1. The van der Waals surface area contributed by atoms with Gasteiger partial charge in [0, 0.05) is 18.0 Å². The molecule has 8 nitrogen and oxygen atoms in total. The van der Waals surface area contributed by atoms with Crippen LogP contribution in [0.3, 0.4) is 0 Å². The van der Waals surface area contributed by atoms with Crippen molar-refractivity contribution in [2.75, 3.05) is 21.1 Å². The van der Waals surface area contributed by atoms with Gasteiger partial charge in [-0.1, -0.05) is 29.3 Å². The summed E-state index contributed by atoms with van der Waals surface area (Å²) in [6, 6.07) is 11.2. The Labute approximate surface area is 183 Å². The minimum atomic E-state index is -3.37. The monoisotopic (exact) mass is 465 g/mol. The average Bonchev–Trinajstić information content (AvgIpc) is 2.69. The largest absolute Gasteiger partial charge is 0.325 e. The molecule has 0 atom stereocenters. The number of rotatable bonds is 7. The van der Waals surface area contributed by atoms with Gasteiger partial charge in [0.2, 0.25) is 10.0 Å². The number of aromatic nitrogens is 2. The summed E-state index contributed by atoms with van der Waals surface area (Å²) < 4.78 is 25.6. The van der Waals surface area contributed by atoms with Crippen LogP contribution in [0.5, 0.6) is 0 Å². The van der Waals surface area contributed by atoms with E-state index in [1.54, 1.807) is 49.4 Å². The van der Waals surface area contributed by atoms with E-state index in [9.17, 15) is 13.2 Å². The minimum Gasteiger partial charge on any atom is -0.325 e. The molecule has 3 rings (SSSR count). The zero-order valence-corrected chi connectivity index (χ0v) is 18.0. The molecule has 0 bridgehead atoms. The summed E-state index contributed by atoms with van der Waals surface area (Å²) in [5.41, 5.74) is 1.01. The maximum atomic E-state index is 12.5. The third kappa shape index (κ3) is 5.59. The number of nitrogens with zero attached hydrogens (tertiary/aromatic N) is 2. The molecule has 156 valence electrons. The van der Waals surface area contributed by atoms with Crippen molar-refractivity contribution in [3.63, 3.8) is 0 Å². The van der Waals surface area contributed by atoms with Gasteiger partial charge in [-0.3, -0.25) is 9.52 Å². The fourth-order valence-electron chi connectivity index (χ4n) is 2.40. The molecule has 1 amide bonds. The molecule has 0 radical (unpaired) electrons. The van der Waals surface area contributed by atoms with Crippen LogP contribution in [0.1, 0.15) is 17.3 Å². The number of hydrogen-bond acceptors (Lipinski definition) is 6. The number of benzene rings is 1. The standard InChI is InChI=1S/C19H17Cl2N5O3S/c1-2-30(28,29)26-13-6-7-16(23-11-13)25-17-10-12(8-9-22-17)24-19(27)18-14(20)4-3-5-15(18)21/h3-11,26H,2H2,1H3,(H2,22,23,24,25,27). The van der Waals surface area contributed by atoms with E-state index < -0.39 is 15.9 Å². The molecular formula is C19H17Cl2N5O3S. The van der Waals surface area contributed by atoms with E-state index in [1.165, 1.54) is 12.4 Å². The Balaban J connectivity index is 1.71. The maximum Gasteiger partial charge on any atom is 0.258 e. The maximum absolute atomic E-state index is 12.5. The number of hydrogen-bond donors (Lipinski definition) is 3. The summed E-state index contributed by atoms with van der Waals surface area (Å²) in [5.74, 6) is 0.384. The zero-order valence-electron chi connectivity index (χ0n) is 15.7. The van der Waals surface area contributed by atoms with Gasteiger partial charge in [0.05, 0.1) is 33.2 Å². The van der Waals surface area contributed by atoms with Gasteiger partial charge < -0.3 is 10.6 Å². The van der Waals surface area contributed by atoms with Gasteiger partial charge in [0.15, 0.2) is 0 Å². The Morgan fingerprint density at radius 3 is 2.37 bits per heavy atom. The smallest absolute Gasteiger partial charge is 0.258 e. The number of halogens is 2. The van der Waals surface area contributed by atoms with Gasteiger partial charge in [-0.25, -0.2) is 18.4 Å². The lowest BCUT2D eigenvalue weighted by molar-refractivity contribution is 0.102. The average molecular weight is 466 g/mol. The van der Waals surface area contributed by atoms with E-state index in [1.807, 2.05) is 0 Å². The number of pyridine rings is 2. The van der Waals surface area contributed by atoms with Crippen LogP contribution < -0.4 is 15.4 Å². The highest BCUT2D eigenvalue weighted by Gasteiger charge is 2.15. The molecule has 0 saturated carbocycles. The van der Waals surface area contributed by atoms with Crippen molar-refractivity contribution >= 4 is 62.1 Å². The van der Waals surface area contributed by atoms with E-state index in [-0.39, 0.29) is 21.4 Å². The van der Waals surface area contributed by atoms with Crippen molar-refractivity contribution < 1.29 is 13.2 Å². The molecule has 0 spiro atoms. The molecule has 1 aromatic carbocycles. The van der Waals surface area contributed by atoms with Gasteiger partial charge in [-0.05, 0) is 37.3 Å². The quantitative estimate of drug-likeness (QED) is 0.471. The van der Waals surface area contributed by atoms with Crippen LogP contribution in [0.2, 0.25) is 10.0 Å². The lowest BCUT2D eigenvalue weighted by Crippen LogP contribution is -2.14. The second-order valence-electron chi connectivity index (χ2n) is 6.04. The van der Waals surface area contributed by atoms with Crippen molar-refractivity contribution in [2.45, 2.75) is 6.92 Å². The molecule has 0 fully saturated rings. The number of anilines is 4. The molecule has 2 aromatic heterocycles. The van der Waals surface area contributed by atoms with Gasteiger partial charge in [0.1, 0.15) is 11.6 Å².